The fourth-order valence-electron chi connectivity index (χ4n) is 3.11. The van der Waals surface area contributed by atoms with Crippen molar-refractivity contribution in [3.05, 3.63) is 35.3 Å². The lowest BCUT2D eigenvalue weighted by Crippen LogP contribution is -2.20. The third-order valence-electron chi connectivity index (χ3n) is 5.10. The predicted octanol–water partition coefficient (Wildman–Crippen LogP) is 2.67. The number of hydrogen-bond donors (Lipinski definition) is 3. The molecule has 1 saturated carbocycles. The van der Waals surface area contributed by atoms with Gasteiger partial charge in [-0.3, -0.25) is 0 Å². The Morgan fingerprint density at radius 1 is 1.22 bits per heavy atom. The van der Waals surface area contributed by atoms with Crippen LogP contribution in [0.4, 0.5) is 17.6 Å². The first kappa shape index (κ1) is 21.9. The Kier molecular flexibility index (Phi) is 6.45. The summed E-state index contributed by atoms with van der Waals surface area (Å²) < 4.78 is 11.2. The number of anilines is 3. The molecular weight excluding hydrogens is 410 g/mol. The van der Waals surface area contributed by atoms with Crippen LogP contribution in [0.3, 0.4) is 0 Å². The Balaban J connectivity index is 1.49. The van der Waals surface area contributed by atoms with Gasteiger partial charge < -0.3 is 30.6 Å². The highest BCUT2D eigenvalue weighted by Crippen LogP contribution is 2.40. The second kappa shape index (κ2) is 9.43. The second-order valence-corrected chi connectivity index (χ2v) is 8.59. The maximum absolute atomic E-state index is 6.00. The van der Waals surface area contributed by atoms with Crippen LogP contribution in [0.5, 0.6) is 5.88 Å². The van der Waals surface area contributed by atoms with Gasteiger partial charge in [0, 0.05) is 30.7 Å². The van der Waals surface area contributed by atoms with Crippen LogP contribution in [0.15, 0.2) is 22.7 Å². The highest BCUT2D eigenvalue weighted by molar-refractivity contribution is 5.55. The Labute approximate surface area is 187 Å². The van der Waals surface area contributed by atoms with E-state index in [0.717, 1.165) is 30.8 Å². The second-order valence-electron chi connectivity index (χ2n) is 8.59. The van der Waals surface area contributed by atoms with Crippen LogP contribution < -0.4 is 21.2 Å². The summed E-state index contributed by atoms with van der Waals surface area (Å²) in [6, 6.07) is 5.64. The van der Waals surface area contributed by atoms with Crippen LogP contribution in [0, 0.1) is 0 Å². The number of hydrogen-bond acceptors (Lipinski definition) is 10. The monoisotopic (exact) mass is 441 g/mol. The van der Waals surface area contributed by atoms with Gasteiger partial charge in [-0.15, -0.1) is 5.10 Å². The summed E-state index contributed by atoms with van der Waals surface area (Å²) in [6.45, 7) is 5.83. The summed E-state index contributed by atoms with van der Waals surface area (Å²) in [5, 5.41) is 14.8. The van der Waals surface area contributed by atoms with Crippen molar-refractivity contribution in [1.82, 2.24) is 29.9 Å². The molecule has 0 aromatic carbocycles. The molecule has 32 heavy (non-hydrogen) atoms. The van der Waals surface area contributed by atoms with E-state index in [1.807, 2.05) is 31.1 Å². The Bertz CT molecular complexity index is 1040. The molecule has 0 unspecified atom stereocenters. The van der Waals surface area contributed by atoms with Gasteiger partial charge in [-0.05, 0) is 32.9 Å². The standard InChI is InChI=1S/C21H31N9O2/c1-13(2)16-9-15(32-28-16)12-23-21-25-18(11-20(26-21)31-8-7-29(3)4)24-19-10-17(14-5-6-14)30(22)27-19/h9-11,13-14H,5-8,12,22H2,1-4H3,(H2,23,24,25,26,27). The lowest BCUT2D eigenvalue weighted by Gasteiger charge is -2.12. The molecule has 4 rings (SSSR count). The number of nitrogen functional groups attached to an aromatic ring is 1. The molecule has 3 aromatic rings. The fourth-order valence-corrected chi connectivity index (χ4v) is 3.11. The first-order valence-corrected chi connectivity index (χ1v) is 10.9. The number of nitrogens with two attached hydrogens (primary N) is 1. The first-order valence-electron chi connectivity index (χ1n) is 10.9. The van der Waals surface area contributed by atoms with E-state index >= 15 is 0 Å². The molecule has 0 spiro atoms. The lowest BCUT2D eigenvalue weighted by molar-refractivity contribution is 0.254. The summed E-state index contributed by atoms with van der Waals surface area (Å²) in [5.74, 6) is 9.57. The van der Waals surface area contributed by atoms with E-state index in [0.29, 0.717) is 54.2 Å². The number of ether oxygens (including phenoxy) is 1. The molecule has 3 aromatic heterocycles. The zero-order valence-corrected chi connectivity index (χ0v) is 19.0. The molecule has 1 fully saturated rings. The molecule has 0 aliphatic heterocycles. The Morgan fingerprint density at radius 3 is 2.72 bits per heavy atom. The molecular formula is C21H31N9O2. The van der Waals surface area contributed by atoms with Gasteiger partial charge in [-0.2, -0.15) is 14.8 Å². The smallest absolute Gasteiger partial charge is 0.228 e. The van der Waals surface area contributed by atoms with E-state index < -0.39 is 0 Å². The maximum atomic E-state index is 6.00. The summed E-state index contributed by atoms with van der Waals surface area (Å²) >= 11 is 0. The van der Waals surface area contributed by atoms with Gasteiger partial charge in [0.15, 0.2) is 11.6 Å². The van der Waals surface area contributed by atoms with Crippen LogP contribution in [0.1, 0.15) is 55.7 Å². The maximum Gasteiger partial charge on any atom is 0.228 e. The van der Waals surface area contributed by atoms with E-state index in [4.69, 9.17) is 15.1 Å². The van der Waals surface area contributed by atoms with E-state index in [1.54, 1.807) is 6.07 Å². The highest BCUT2D eigenvalue weighted by atomic mass is 16.5. The number of rotatable bonds is 11. The summed E-state index contributed by atoms with van der Waals surface area (Å²) in [7, 11) is 3.99. The minimum absolute atomic E-state index is 0.302. The van der Waals surface area contributed by atoms with Crippen molar-refractivity contribution in [3.63, 3.8) is 0 Å². The SMILES string of the molecule is CC(C)c1cc(CNc2nc(Nc3cc(C4CC4)n(N)n3)cc(OCCN(C)C)n2)on1. The minimum Gasteiger partial charge on any atom is -0.476 e. The van der Waals surface area contributed by atoms with E-state index in [9.17, 15) is 0 Å². The van der Waals surface area contributed by atoms with Gasteiger partial charge in [0.25, 0.3) is 0 Å². The number of nitrogens with zero attached hydrogens (tertiary/aromatic N) is 6. The van der Waals surface area contributed by atoms with Crippen LogP contribution in [0.25, 0.3) is 0 Å². The van der Waals surface area contributed by atoms with Crippen molar-refractivity contribution in [2.75, 3.05) is 43.7 Å². The van der Waals surface area contributed by atoms with Gasteiger partial charge in [-0.1, -0.05) is 19.0 Å². The van der Waals surface area contributed by atoms with E-state index in [2.05, 4.69) is 44.7 Å². The molecule has 172 valence electrons. The van der Waals surface area contributed by atoms with Gasteiger partial charge in [-0.25, -0.2) is 0 Å². The summed E-state index contributed by atoms with van der Waals surface area (Å²) in [4.78, 5) is 12.5. The van der Waals surface area contributed by atoms with Gasteiger partial charge in [0.1, 0.15) is 12.4 Å². The predicted molar refractivity (Wildman–Crippen MR) is 122 cm³/mol. The van der Waals surface area contributed by atoms with Crippen molar-refractivity contribution < 1.29 is 9.26 Å². The number of nitrogens with one attached hydrogen (secondary N) is 2. The van der Waals surface area contributed by atoms with Crippen molar-refractivity contribution in [1.29, 1.82) is 0 Å². The van der Waals surface area contributed by atoms with Gasteiger partial charge in [0.2, 0.25) is 11.8 Å². The van der Waals surface area contributed by atoms with Crippen LogP contribution in [-0.4, -0.2) is 57.2 Å². The molecule has 0 bridgehead atoms. The third-order valence-corrected chi connectivity index (χ3v) is 5.10. The van der Waals surface area contributed by atoms with Crippen molar-refractivity contribution in [2.45, 2.75) is 45.1 Å². The summed E-state index contributed by atoms with van der Waals surface area (Å²) in [5.41, 5.74) is 1.93. The Morgan fingerprint density at radius 2 is 2.03 bits per heavy atom. The molecule has 0 radical (unpaired) electrons. The molecule has 1 aliphatic rings. The zero-order chi connectivity index (χ0) is 22.7. The average molecular weight is 442 g/mol. The average Bonchev–Trinajstić information content (AvgIpc) is 3.34. The molecule has 4 N–H and O–H groups in total. The number of likely N-dealkylation sites (N-methyl/N-ethyl adjacent to an activating group) is 1. The Hall–Kier alpha value is -3.34. The van der Waals surface area contributed by atoms with E-state index in [-0.39, 0.29) is 0 Å². The van der Waals surface area contributed by atoms with Crippen molar-refractivity contribution in [2.24, 2.45) is 0 Å². The normalized spacial score (nSPS) is 13.7. The zero-order valence-electron chi connectivity index (χ0n) is 19.0. The quantitative estimate of drug-likeness (QED) is 0.381. The van der Waals surface area contributed by atoms with Crippen LogP contribution >= 0.6 is 0 Å². The van der Waals surface area contributed by atoms with E-state index in [1.165, 1.54) is 4.79 Å². The van der Waals surface area contributed by atoms with Crippen molar-refractivity contribution in [3.8, 4) is 5.88 Å². The minimum atomic E-state index is 0.302. The molecule has 0 saturated heterocycles. The van der Waals surface area contributed by atoms with Crippen LogP contribution in [-0.2, 0) is 6.54 Å². The first-order chi connectivity index (χ1) is 15.4. The molecule has 1 aliphatic carbocycles. The van der Waals surface area contributed by atoms with Gasteiger partial charge >= 0.3 is 0 Å². The number of aromatic nitrogens is 5. The molecule has 0 amide bonds. The lowest BCUT2D eigenvalue weighted by atomic mass is 10.1. The fraction of sp³-hybridized carbons (Fsp3) is 0.524. The van der Waals surface area contributed by atoms with Crippen molar-refractivity contribution >= 4 is 17.6 Å². The van der Waals surface area contributed by atoms with Crippen LogP contribution in [0.2, 0.25) is 0 Å². The molecule has 11 nitrogen and oxygen atoms in total. The third kappa shape index (κ3) is 5.67. The summed E-state index contributed by atoms with van der Waals surface area (Å²) in [6.07, 6.45) is 2.29. The molecule has 11 heteroatoms. The van der Waals surface area contributed by atoms with Gasteiger partial charge in [0.05, 0.1) is 17.9 Å². The largest absolute Gasteiger partial charge is 0.476 e. The topological polar surface area (TPSA) is 132 Å². The highest BCUT2D eigenvalue weighted by Gasteiger charge is 2.28. The molecule has 0 atom stereocenters. The molecule has 3 heterocycles.